The number of thiol groups is 1. The van der Waals surface area contributed by atoms with Crippen LogP contribution < -0.4 is 5.32 Å². The molecule has 0 spiro atoms. The van der Waals surface area contributed by atoms with Crippen molar-refractivity contribution >= 4 is 18.5 Å². The lowest BCUT2D eigenvalue weighted by Gasteiger charge is -2.15. The van der Waals surface area contributed by atoms with Crippen LogP contribution >= 0.6 is 12.6 Å². The number of benzene rings is 2. The van der Waals surface area contributed by atoms with E-state index in [1.54, 1.807) is 26.0 Å². The van der Waals surface area contributed by atoms with Crippen molar-refractivity contribution in [3.8, 4) is 0 Å². The van der Waals surface area contributed by atoms with Crippen LogP contribution in [0.15, 0.2) is 41.3 Å². The van der Waals surface area contributed by atoms with Gasteiger partial charge in [-0.05, 0) is 49.2 Å². The molecule has 0 bridgehead atoms. The number of carbonyl (C=O) groups is 1. The van der Waals surface area contributed by atoms with Gasteiger partial charge in [0.2, 0.25) is 0 Å². The van der Waals surface area contributed by atoms with E-state index in [1.165, 1.54) is 24.3 Å². The summed E-state index contributed by atoms with van der Waals surface area (Å²) in [6, 6.07) is 8.39. The third kappa shape index (κ3) is 3.61. The van der Waals surface area contributed by atoms with Crippen molar-refractivity contribution in [2.45, 2.75) is 24.8 Å². The number of hydrogen-bond acceptors (Lipinski definition) is 2. The summed E-state index contributed by atoms with van der Waals surface area (Å²) in [6.07, 6.45) is 0. The second-order valence-corrected chi connectivity index (χ2v) is 5.35. The summed E-state index contributed by atoms with van der Waals surface area (Å²) in [6.45, 7) is 3.43. The Labute approximate surface area is 127 Å². The maximum atomic E-state index is 13.5. The smallest absolute Gasteiger partial charge is 0.251 e. The minimum absolute atomic E-state index is 0.108. The highest BCUT2D eigenvalue weighted by atomic mass is 32.1. The third-order valence-electron chi connectivity index (χ3n) is 3.25. The first kappa shape index (κ1) is 15.5. The van der Waals surface area contributed by atoms with E-state index in [4.69, 9.17) is 0 Å². The monoisotopic (exact) mass is 307 g/mol. The maximum absolute atomic E-state index is 13.5. The zero-order valence-electron chi connectivity index (χ0n) is 11.7. The van der Waals surface area contributed by atoms with Crippen molar-refractivity contribution in [2.75, 3.05) is 0 Å². The van der Waals surface area contributed by atoms with E-state index in [0.717, 1.165) is 0 Å². The summed E-state index contributed by atoms with van der Waals surface area (Å²) in [7, 11) is 0. The number of carbonyl (C=O) groups excluding carboxylic acids is 1. The van der Waals surface area contributed by atoms with Gasteiger partial charge in [0.05, 0.1) is 6.04 Å². The Balaban J connectivity index is 2.14. The second kappa shape index (κ2) is 6.26. The maximum Gasteiger partial charge on any atom is 0.251 e. The van der Waals surface area contributed by atoms with E-state index in [0.29, 0.717) is 16.7 Å². The van der Waals surface area contributed by atoms with E-state index in [-0.39, 0.29) is 22.7 Å². The van der Waals surface area contributed by atoms with Crippen molar-refractivity contribution < 1.29 is 13.6 Å². The van der Waals surface area contributed by atoms with Gasteiger partial charge in [-0.25, -0.2) is 8.78 Å². The van der Waals surface area contributed by atoms with Crippen LogP contribution in [0.3, 0.4) is 0 Å². The minimum Gasteiger partial charge on any atom is -0.346 e. The molecule has 0 saturated heterocycles. The topological polar surface area (TPSA) is 29.1 Å². The fourth-order valence-corrected chi connectivity index (χ4v) is 2.11. The molecule has 0 aliphatic heterocycles. The zero-order chi connectivity index (χ0) is 15.6. The van der Waals surface area contributed by atoms with E-state index >= 15 is 0 Å². The van der Waals surface area contributed by atoms with Gasteiger partial charge in [0.25, 0.3) is 5.91 Å². The van der Waals surface area contributed by atoms with Crippen LogP contribution in [0.1, 0.15) is 34.5 Å². The SMILES string of the molecule is Cc1ccc(C(C)NC(=O)c2ccc(F)c(S)c2)cc1F. The molecule has 110 valence electrons. The summed E-state index contributed by atoms with van der Waals surface area (Å²) in [5.74, 6) is -1.16. The van der Waals surface area contributed by atoms with Gasteiger partial charge in [-0.1, -0.05) is 12.1 Å². The fraction of sp³-hybridized carbons (Fsp3) is 0.188. The molecule has 2 nitrogen and oxygen atoms in total. The number of hydrogen-bond donors (Lipinski definition) is 2. The van der Waals surface area contributed by atoms with Crippen molar-refractivity contribution in [1.82, 2.24) is 5.32 Å². The molecular formula is C16H15F2NOS. The first-order chi connectivity index (χ1) is 9.88. The Hall–Kier alpha value is -1.88. The molecule has 0 heterocycles. The standard InChI is InChI=1S/C16H15F2NOS/c1-9-3-4-11(7-14(9)18)10(2)19-16(20)12-5-6-13(17)15(21)8-12/h3-8,10,21H,1-2H3,(H,19,20). The predicted molar refractivity (Wildman–Crippen MR) is 80.7 cm³/mol. The number of nitrogens with one attached hydrogen (secondary N) is 1. The summed E-state index contributed by atoms with van der Waals surface area (Å²) in [4.78, 5) is 12.2. The number of rotatable bonds is 3. The highest BCUT2D eigenvalue weighted by molar-refractivity contribution is 7.80. The Bertz CT molecular complexity index is 688. The Morgan fingerprint density at radius 1 is 1.14 bits per heavy atom. The van der Waals surface area contributed by atoms with Crippen LogP contribution in [0.4, 0.5) is 8.78 Å². The molecule has 1 N–H and O–H groups in total. The Kier molecular flexibility index (Phi) is 4.63. The van der Waals surface area contributed by atoms with Crippen LogP contribution in [0.25, 0.3) is 0 Å². The molecule has 1 atom stereocenters. The average Bonchev–Trinajstić information content (AvgIpc) is 2.44. The summed E-state index contributed by atoms with van der Waals surface area (Å²) >= 11 is 3.94. The molecule has 0 aliphatic carbocycles. The van der Waals surface area contributed by atoms with E-state index in [1.807, 2.05) is 0 Å². The lowest BCUT2D eigenvalue weighted by Crippen LogP contribution is -2.26. The predicted octanol–water partition coefficient (Wildman–Crippen LogP) is 4.05. The lowest BCUT2D eigenvalue weighted by atomic mass is 10.1. The van der Waals surface area contributed by atoms with Crippen molar-refractivity contribution in [3.05, 3.63) is 64.7 Å². The van der Waals surface area contributed by atoms with Gasteiger partial charge >= 0.3 is 0 Å². The molecule has 2 aromatic rings. The van der Waals surface area contributed by atoms with Crippen LogP contribution in [0, 0.1) is 18.6 Å². The van der Waals surface area contributed by atoms with Gasteiger partial charge in [-0.2, -0.15) is 0 Å². The van der Waals surface area contributed by atoms with Gasteiger partial charge in [0.1, 0.15) is 11.6 Å². The van der Waals surface area contributed by atoms with Crippen LogP contribution in [-0.2, 0) is 0 Å². The van der Waals surface area contributed by atoms with Crippen molar-refractivity contribution in [3.63, 3.8) is 0 Å². The van der Waals surface area contributed by atoms with Gasteiger partial charge in [0, 0.05) is 10.5 Å². The Morgan fingerprint density at radius 3 is 2.48 bits per heavy atom. The minimum atomic E-state index is -0.483. The fourth-order valence-electron chi connectivity index (χ4n) is 1.90. The highest BCUT2D eigenvalue weighted by Gasteiger charge is 2.13. The number of aryl methyl sites for hydroxylation is 1. The van der Waals surface area contributed by atoms with E-state index in [2.05, 4.69) is 17.9 Å². The van der Waals surface area contributed by atoms with Gasteiger partial charge in [-0.3, -0.25) is 4.79 Å². The van der Waals surface area contributed by atoms with Crippen LogP contribution in [-0.4, -0.2) is 5.91 Å². The van der Waals surface area contributed by atoms with Crippen LogP contribution in [0.2, 0.25) is 0 Å². The molecule has 5 heteroatoms. The lowest BCUT2D eigenvalue weighted by molar-refractivity contribution is 0.0939. The largest absolute Gasteiger partial charge is 0.346 e. The first-order valence-electron chi connectivity index (χ1n) is 6.44. The van der Waals surface area contributed by atoms with E-state index < -0.39 is 5.82 Å². The first-order valence-corrected chi connectivity index (χ1v) is 6.88. The summed E-state index contributed by atoms with van der Waals surface area (Å²) in [5, 5.41) is 2.74. The van der Waals surface area contributed by atoms with Crippen LogP contribution in [0.5, 0.6) is 0 Å². The Morgan fingerprint density at radius 2 is 1.86 bits per heavy atom. The van der Waals surface area contributed by atoms with E-state index in [9.17, 15) is 13.6 Å². The molecule has 0 aliphatic rings. The molecule has 1 amide bonds. The number of amides is 1. The average molecular weight is 307 g/mol. The molecule has 21 heavy (non-hydrogen) atoms. The number of halogens is 2. The molecular weight excluding hydrogens is 292 g/mol. The van der Waals surface area contributed by atoms with Gasteiger partial charge in [-0.15, -0.1) is 12.6 Å². The van der Waals surface area contributed by atoms with Gasteiger partial charge in [0.15, 0.2) is 0 Å². The molecule has 0 radical (unpaired) electrons. The highest BCUT2D eigenvalue weighted by Crippen LogP contribution is 2.18. The zero-order valence-corrected chi connectivity index (χ0v) is 12.5. The second-order valence-electron chi connectivity index (χ2n) is 4.87. The molecule has 0 aromatic heterocycles. The van der Waals surface area contributed by atoms with Crippen molar-refractivity contribution in [1.29, 1.82) is 0 Å². The van der Waals surface area contributed by atoms with Crippen molar-refractivity contribution in [2.24, 2.45) is 0 Å². The quantitative estimate of drug-likeness (QED) is 0.823. The summed E-state index contributed by atoms with van der Waals surface area (Å²) in [5.41, 5.74) is 1.52. The molecule has 1 unspecified atom stereocenters. The summed E-state index contributed by atoms with van der Waals surface area (Å²) < 4.78 is 26.7. The normalized spacial score (nSPS) is 12.0. The molecule has 0 fully saturated rings. The molecule has 0 saturated carbocycles. The molecule has 2 aromatic carbocycles. The van der Waals surface area contributed by atoms with Gasteiger partial charge < -0.3 is 5.32 Å². The third-order valence-corrected chi connectivity index (χ3v) is 3.59. The molecule has 2 rings (SSSR count).